The summed E-state index contributed by atoms with van der Waals surface area (Å²) in [6.07, 6.45) is 3.51. The van der Waals surface area contributed by atoms with Crippen LogP contribution in [0.15, 0.2) is 18.2 Å². The first-order valence-electron chi connectivity index (χ1n) is 8.68. The molecule has 3 aliphatic heterocycles. The summed E-state index contributed by atoms with van der Waals surface area (Å²) in [5.74, 6) is -0.744. The second-order valence-corrected chi connectivity index (χ2v) is 7.22. The summed E-state index contributed by atoms with van der Waals surface area (Å²) in [4.78, 5) is 26.1. The van der Waals surface area contributed by atoms with Gasteiger partial charge in [-0.3, -0.25) is 24.5 Å². The Labute approximate surface area is 139 Å². The molecular weight excluding hydrogens is 304 g/mol. The standard InChI is InChI=1S/C18H20N4O2/c1-21-15-8-10(14-9-11-6-7-22(11)14)2-3-12(15)17(20-21)13-4-5-16(23)19-18(13)24/h2-3,8,11,13-14H,4-7,9H2,1H3,(H,19,23,24). The number of amides is 2. The van der Waals surface area contributed by atoms with Crippen LogP contribution in [0, 0.1) is 0 Å². The smallest absolute Gasteiger partial charge is 0.235 e. The Morgan fingerprint density at radius 1 is 1.25 bits per heavy atom. The SMILES string of the molecule is Cn1nc(C2CCC(=O)NC2=O)c2ccc(C3CC4CCN43)cc21. The van der Waals surface area contributed by atoms with Crippen LogP contribution < -0.4 is 5.32 Å². The number of hydrogen-bond donors (Lipinski definition) is 1. The first-order valence-corrected chi connectivity index (χ1v) is 8.68. The van der Waals surface area contributed by atoms with Gasteiger partial charge in [0, 0.05) is 37.5 Å². The van der Waals surface area contributed by atoms with E-state index >= 15 is 0 Å². The number of imide groups is 1. The number of aromatic nitrogens is 2. The van der Waals surface area contributed by atoms with Gasteiger partial charge in [-0.25, -0.2) is 0 Å². The molecule has 0 bridgehead atoms. The van der Waals surface area contributed by atoms with Gasteiger partial charge in [-0.2, -0.15) is 5.10 Å². The molecule has 2 aromatic rings. The third-order valence-corrected chi connectivity index (χ3v) is 5.94. The lowest BCUT2D eigenvalue weighted by Gasteiger charge is -2.57. The molecule has 3 aliphatic rings. The predicted octanol–water partition coefficient (Wildman–Crippen LogP) is 1.61. The number of aryl methyl sites for hydroxylation is 1. The van der Waals surface area contributed by atoms with Crippen LogP contribution in [0.2, 0.25) is 0 Å². The van der Waals surface area contributed by atoms with Crippen LogP contribution in [0.4, 0.5) is 0 Å². The summed E-state index contributed by atoms with van der Waals surface area (Å²) in [5, 5.41) is 8.07. The highest BCUT2D eigenvalue weighted by atomic mass is 16.2. The van der Waals surface area contributed by atoms with Crippen LogP contribution in [-0.4, -0.2) is 39.1 Å². The lowest BCUT2D eigenvalue weighted by atomic mass is 9.79. The highest BCUT2D eigenvalue weighted by Crippen LogP contribution is 2.46. The summed E-state index contributed by atoms with van der Waals surface area (Å²) in [6, 6.07) is 7.85. The Balaban J connectivity index is 1.52. The van der Waals surface area contributed by atoms with E-state index in [-0.39, 0.29) is 17.7 Å². The average Bonchev–Trinajstić information content (AvgIpc) is 2.86. The summed E-state index contributed by atoms with van der Waals surface area (Å²) >= 11 is 0. The van der Waals surface area contributed by atoms with Crippen LogP contribution >= 0.6 is 0 Å². The number of fused-ring (bicyclic) bond motifs is 2. The second kappa shape index (κ2) is 4.89. The van der Waals surface area contributed by atoms with Gasteiger partial charge in [-0.05, 0) is 30.9 Å². The maximum atomic E-state index is 12.2. The fourth-order valence-corrected chi connectivity index (χ4v) is 4.43. The molecule has 4 heterocycles. The number of rotatable bonds is 2. The average molecular weight is 324 g/mol. The van der Waals surface area contributed by atoms with Crippen molar-refractivity contribution in [2.45, 2.75) is 43.7 Å². The van der Waals surface area contributed by atoms with Crippen molar-refractivity contribution in [2.24, 2.45) is 7.05 Å². The second-order valence-electron chi connectivity index (χ2n) is 7.22. The van der Waals surface area contributed by atoms with Gasteiger partial charge in [0.1, 0.15) is 0 Å². The zero-order valence-corrected chi connectivity index (χ0v) is 13.7. The molecule has 124 valence electrons. The fraction of sp³-hybridized carbons (Fsp3) is 0.500. The van der Waals surface area contributed by atoms with Crippen molar-refractivity contribution in [3.63, 3.8) is 0 Å². The maximum Gasteiger partial charge on any atom is 0.235 e. The van der Waals surface area contributed by atoms with Gasteiger partial charge in [0.2, 0.25) is 11.8 Å². The molecule has 2 amide bonds. The molecule has 3 unspecified atom stereocenters. The number of carbonyl (C=O) groups excluding carboxylic acids is 2. The summed E-state index contributed by atoms with van der Waals surface area (Å²) in [6.45, 7) is 1.21. The van der Waals surface area contributed by atoms with E-state index in [9.17, 15) is 9.59 Å². The zero-order chi connectivity index (χ0) is 16.4. The van der Waals surface area contributed by atoms with Crippen molar-refractivity contribution >= 4 is 22.7 Å². The highest BCUT2D eigenvalue weighted by Gasteiger charge is 2.45. The van der Waals surface area contributed by atoms with Gasteiger partial charge < -0.3 is 0 Å². The molecule has 0 radical (unpaired) electrons. The lowest BCUT2D eigenvalue weighted by Crippen LogP contribution is -2.59. The molecule has 0 aliphatic carbocycles. The number of hydrogen-bond acceptors (Lipinski definition) is 4. The van der Waals surface area contributed by atoms with Gasteiger partial charge in [-0.15, -0.1) is 0 Å². The van der Waals surface area contributed by atoms with Crippen LogP contribution in [0.3, 0.4) is 0 Å². The van der Waals surface area contributed by atoms with Gasteiger partial charge in [0.05, 0.1) is 17.1 Å². The molecule has 1 aromatic carbocycles. The Kier molecular flexibility index (Phi) is 2.89. The van der Waals surface area contributed by atoms with E-state index in [2.05, 4.69) is 33.5 Å². The van der Waals surface area contributed by atoms with E-state index in [0.717, 1.165) is 22.6 Å². The molecule has 6 heteroatoms. The Morgan fingerprint density at radius 2 is 2.12 bits per heavy atom. The molecule has 0 saturated carbocycles. The first-order chi connectivity index (χ1) is 11.6. The first kappa shape index (κ1) is 14.2. The molecular formula is C18H20N4O2. The quantitative estimate of drug-likeness (QED) is 0.852. The maximum absolute atomic E-state index is 12.2. The minimum atomic E-state index is -0.333. The number of nitrogens with one attached hydrogen (secondary N) is 1. The van der Waals surface area contributed by atoms with Crippen molar-refractivity contribution in [3.05, 3.63) is 29.5 Å². The third-order valence-electron chi connectivity index (χ3n) is 5.94. The number of piperidine rings is 2. The van der Waals surface area contributed by atoms with Gasteiger partial charge >= 0.3 is 0 Å². The molecule has 3 atom stereocenters. The lowest BCUT2D eigenvalue weighted by molar-refractivity contribution is -0.134. The molecule has 1 aromatic heterocycles. The Hall–Kier alpha value is -2.21. The van der Waals surface area contributed by atoms with Crippen molar-refractivity contribution < 1.29 is 9.59 Å². The largest absolute Gasteiger partial charge is 0.296 e. The van der Waals surface area contributed by atoms with Crippen molar-refractivity contribution in [2.75, 3.05) is 6.54 Å². The normalized spacial score (nSPS) is 29.8. The van der Waals surface area contributed by atoms with Crippen LogP contribution in [0.5, 0.6) is 0 Å². The van der Waals surface area contributed by atoms with Crippen LogP contribution in [-0.2, 0) is 16.6 Å². The van der Waals surface area contributed by atoms with E-state index in [0.29, 0.717) is 18.9 Å². The van der Waals surface area contributed by atoms with E-state index in [1.165, 1.54) is 24.9 Å². The van der Waals surface area contributed by atoms with Gasteiger partial charge in [-0.1, -0.05) is 12.1 Å². The zero-order valence-electron chi connectivity index (χ0n) is 13.7. The van der Waals surface area contributed by atoms with E-state index in [1.54, 1.807) is 0 Å². The molecule has 3 fully saturated rings. The minimum Gasteiger partial charge on any atom is -0.296 e. The van der Waals surface area contributed by atoms with E-state index in [4.69, 9.17) is 0 Å². The van der Waals surface area contributed by atoms with E-state index in [1.807, 2.05) is 11.7 Å². The van der Waals surface area contributed by atoms with Gasteiger partial charge in [0.25, 0.3) is 0 Å². The Bertz CT molecular complexity index is 871. The third kappa shape index (κ3) is 1.89. The Morgan fingerprint density at radius 3 is 2.79 bits per heavy atom. The van der Waals surface area contributed by atoms with Crippen LogP contribution in [0.25, 0.3) is 10.9 Å². The number of nitrogens with zero attached hydrogens (tertiary/aromatic N) is 3. The summed E-state index contributed by atoms with van der Waals surface area (Å²) in [7, 11) is 1.93. The predicted molar refractivity (Wildman–Crippen MR) is 88.3 cm³/mol. The van der Waals surface area contributed by atoms with Crippen molar-refractivity contribution in [1.29, 1.82) is 0 Å². The number of benzene rings is 1. The molecule has 3 saturated heterocycles. The highest BCUT2D eigenvalue weighted by molar-refractivity contribution is 6.02. The molecule has 1 N–H and O–H groups in total. The monoisotopic (exact) mass is 324 g/mol. The van der Waals surface area contributed by atoms with Crippen LogP contribution in [0.1, 0.15) is 48.9 Å². The molecule has 24 heavy (non-hydrogen) atoms. The van der Waals surface area contributed by atoms with Crippen molar-refractivity contribution in [1.82, 2.24) is 20.0 Å². The number of carbonyl (C=O) groups is 2. The summed E-state index contributed by atoms with van der Waals surface area (Å²) in [5.41, 5.74) is 3.20. The van der Waals surface area contributed by atoms with Crippen molar-refractivity contribution in [3.8, 4) is 0 Å². The van der Waals surface area contributed by atoms with E-state index < -0.39 is 0 Å². The summed E-state index contributed by atoms with van der Waals surface area (Å²) < 4.78 is 1.87. The fourth-order valence-electron chi connectivity index (χ4n) is 4.43. The topological polar surface area (TPSA) is 67.2 Å². The molecule has 5 rings (SSSR count). The minimum absolute atomic E-state index is 0.187. The molecule has 0 spiro atoms. The molecule has 6 nitrogen and oxygen atoms in total. The van der Waals surface area contributed by atoms with Gasteiger partial charge in [0.15, 0.2) is 0 Å².